The van der Waals surface area contributed by atoms with Gasteiger partial charge < -0.3 is 9.80 Å². The van der Waals surface area contributed by atoms with Crippen LogP contribution in [-0.2, 0) is 6.42 Å². The van der Waals surface area contributed by atoms with E-state index in [9.17, 15) is 0 Å². The van der Waals surface area contributed by atoms with Crippen LogP contribution in [0, 0.1) is 0 Å². The van der Waals surface area contributed by atoms with Gasteiger partial charge in [0.25, 0.3) is 0 Å². The van der Waals surface area contributed by atoms with E-state index in [0.717, 1.165) is 0 Å². The Bertz CT molecular complexity index is 342. The molecule has 0 aliphatic carbocycles. The van der Waals surface area contributed by atoms with Crippen molar-refractivity contribution in [3.05, 3.63) is 35.9 Å². The Kier molecular flexibility index (Phi) is 7.10. The summed E-state index contributed by atoms with van der Waals surface area (Å²) in [7, 11) is 0. The van der Waals surface area contributed by atoms with Crippen LogP contribution in [0.25, 0.3) is 0 Å². The zero-order valence-electron chi connectivity index (χ0n) is 13.1. The molecule has 1 saturated heterocycles. The Hall–Kier alpha value is -0.860. The smallest absolute Gasteiger partial charge is 0.0110 e. The Labute approximate surface area is 124 Å². The minimum Gasteiger partial charge on any atom is -0.301 e. The quantitative estimate of drug-likeness (QED) is 0.670. The van der Waals surface area contributed by atoms with E-state index >= 15 is 0 Å². The summed E-state index contributed by atoms with van der Waals surface area (Å²) in [6.45, 7) is 9.88. The number of hydrogen-bond donors (Lipinski definition) is 0. The van der Waals surface area contributed by atoms with Crippen molar-refractivity contribution in [2.24, 2.45) is 0 Å². The van der Waals surface area contributed by atoms with Crippen LogP contribution >= 0.6 is 0 Å². The Morgan fingerprint density at radius 2 is 1.45 bits per heavy atom. The summed E-state index contributed by atoms with van der Waals surface area (Å²) < 4.78 is 0. The summed E-state index contributed by atoms with van der Waals surface area (Å²) in [5.41, 5.74) is 1.49. The third kappa shape index (κ3) is 5.64. The van der Waals surface area contributed by atoms with Crippen LogP contribution in [0.2, 0.25) is 0 Å². The third-order valence-corrected chi connectivity index (χ3v) is 4.44. The molecule has 0 radical (unpaired) electrons. The molecule has 1 aliphatic rings. The first kappa shape index (κ1) is 15.5. The Morgan fingerprint density at radius 1 is 0.800 bits per heavy atom. The molecule has 0 spiro atoms. The fourth-order valence-electron chi connectivity index (χ4n) is 2.99. The maximum atomic E-state index is 2.64. The van der Waals surface area contributed by atoms with E-state index in [2.05, 4.69) is 47.1 Å². The second-order valence-electron chi connectivity index (χ2n) is 5.93. The van der Waals surface area contributed by atoms with E-state index in [4.69, 9.17) is 0 Å². The molecule has 0 unspecified atom stereocenters. The third-order valence-electron chi connectivity index (χ3n) is 4.44. The van der Waals surface area contributed by atoms with Crippen molar-refractivity contribution in [1.82, 2.24) is 9.80 Å². The minimum absolute atomic E-state index is 1.22. The van der Waals surface area contributed by atoms with Crippen molar-refractivity contribution in [2.75, 3.05) is 39.3 Å². The highest BCUT2D eigenvalue weighted by Crippen LogP contribution is 2.09. The topological polar surface area (TPSA) is 6.48 Å². The maximum absolute atomic E-state index is 2.64. The van der Waals surface area contributed by atoms with Crippen molar-refractivity contribution in [3.8, 4) is 0 Å². The van der Waals surface area contributed by atoms with Gasteiger partial charge in [-0.15, -0.1) is 0 Å². The molecule has 0 saturated carbocycles. The summed E-state index contributed by atoms with van der Waals surface area (Å²) in [6, 6.07) is 10.9. The van der Waals surface area contributed by atoms with E-state index in [1.54, 1.807) is 0 Å². The van der Waals surface area contributed by atoms with Gasteiger partial charge in [0.1, 0.15) is 0 Å². The number of hydrogen-bond acceptors (Lipinski definition) is 2. The Morgan fingerprint density at radius 3 is 2.15 bits per heavy atom. The van der Waals surface area contributed by atoms with Gasteiger partial charge in [0, 0.05) is 26.2 Å². The molecule has 1 aromatic carbocycles. The number of piperazine rings is 1. The van der Waals surface area contributed by atoms with Gasteiger partial charge in [0.15, 0.2) is 0 Å². The minimum atomic E-state index is 1.22. The van der Waals surface area contributed by atoms with E-state index in [1.807, 2.05) is 0 Å². The zero-order valence-corrected chi connectivity index (χ0v) is 13.1. The van der Waals surface area contributed by atoms with Crippen LogP contribution in [-0.4, -0.2) is 49.1 Å². The van der Waals surface area contributed by atoms with Gasteiger partial charge in [0.05, 0.1) is 0 Å². The van der Waals surface area contributed by atoms with Crippen molar-refractivity contribution in [3.63, 3.8) is 0 Å². The molecule has 1 heterocycles. The van der Waals surface area contributed by atoms with Crippen molar-refractivity contribution >= 4 is 0 Å². The number of benzene rings is 1. The van der Waals surface area contributed by atoms with E-state index in [0.29, 0.717) is 0 Å². The van der Waals surface area contributed by atoms with Gasteiger partial charge in [-0.2, -0.15) is 0 Å². The maximum Gasteiger partial charge on any atom is 0.0110 e. The van der Waals surface area contributed by atoms with Crippen molar-refractivity contribution in [1.29, 1.82) is 0 Å². The van der Waals surface area contributed by atoms with E-state index in [-0.39, 0.29) is 0 Å². The number of unbranched alkanes of at least 4 members (excludes halogenated alkanes) is 3. The van der Waals surface area contributed by atoms with Crippen LogP contribution in [0.4, 0.5) is 0 Å². The first-order valence-electron chi connectivity index (χ1n) is 8.37. The summed E-state index contributed by atoms with van der Waals surface area (Å²) in [4.78, 5) is 5.19. The standard InChI is InChI=1S/C18H30N2/c1-2-19-14-16-20(17-15-19)13-9-4-3-6-10-18-11-7-5-8-12-18/h5,7-8,11-12H,2-4,6,9-10,13-17H2,1H3. The normalized spacial score (nSPS) is 17.4. The Balaban J connectivity index is 1.46. The molecule has 112 valence electrons. The number of likely N-dealkylation sites (N-methyl/N-ethyl adjacent to an activating group) is 1. The fraction of sp³-hybridized carbons (Fsp3) is 0.667. The first-order chi connectivity index (χ1) is 9.88. The lowest BCUT2D eigenvalue weighted by Gasteiger charge is -2.33. The van der Waals surface area contributed by atoms with Gasteiger partial charge in [0.2, 0.25) is 0 Å². The molecular weight excluding hydrogens is 244 g/mol. The average molecular weight is 274 g/mol. The van der Waals surface area contributed by atoms with E-state index < -0.39 is 0 Å². The highest BCUT2D eigenvalue weighted by atomic mass is 15.3. The molecule has 1 aromatic rings. The second kappa shape index (κ2) is 9.15. The van der Waals surface area contributed by atoms with Crippen molar-refractivity contribution in [2.45, 2.75) is 39.0 Å². The van der Waals surface area contributed by atoms with Gasteiger partial charge in [-0.05, 0) is 37.9 Å². The number of rotatable bonds is 8. The van der Waals surface area contributed by atoms with Gasteiger partial charge in [-0.1, -0.05) is 50.1 Å². The van der Waals surface area contributed by atoms with Crippen LogP contribution in [0.5, 0.6) is 0 Å². The lowest BCUT2D eigenvalue weighted by molar-refractivity contribution is 0.135. The molecular formula is C18H30N2. The molecule has 0 bridgehead atoms. The summed E-state index contributed by atoms with van der Waals surface area (Å²) in [5.74, 6) is 0. The van der Waals surface area contributed by atoms with Crippen molar-refractivity contribution < 1.29 is 0 Å². The lowest BCUT2D eigenvalue weighted by Crippen LogP contribution is -2.46. The molecule has 1 aliphatic heterocycles. The van der Waals surface area contributed by atoms with Crippen LogP contribution < -0.4 is 0 Å². The SMILES string of the molecule is CCN1CCN(CCCCCCc2ccccc2)CC1. The second-order valence-corrected chi connectivity index (χ2v) is 5.93. The molecule has 1 fully saturated rings. The highest BCUT2D eigenvalue weighted by molar-refractivity contribution is 5.14. The predicted octanol–water partition coefficient (Wildman–Crippen LogP) is 3.43. The van der Waals surface area contributed by atoms with Crippen LogP contribution in [0.15, 0.2) is 30.3 Å². The predicted molar refractivity (Wildman–Crippen MR) is 87.2 cm³/mol. The fourth-order valence-corrected chi connectivity index (χ4v) is 2.99. The lowest BCUT2D eigenvalue weighted by atomic mass is 10.1. The molecule has 2 heteroatoms. The van der Waals surface area contributed by atoms with Gasteiger partial charge in [-0.25, -0.2) is 0 Å². The number of nitrogens with zero attached hydrogens (tertiary/aromatic N) is 2. The molecule has 20 heavy (non-hydrogen) atoms. The first-order valence-corrected chi connectivity index (χ1v) is 8.37. The largest absolute Gasteiger partial charge is 0.301 e. The van der Waals surface area contributed by atoms with Crippen LogP contribution in [0.3, 0.4) is 0 Å². The summed E-state index contributed by atoms with van der Waals surface area (Å²) in [5, 5.41) is 0. The van der Waals surface area contributed by atoms with Gasteiger partial charge >= 0.3 is 0 Å². The molecule has 0 aromatic heterocycles. The molecule has 0 amide bonds. The summed E-state index contributed by atoms with van der Waals surface area (Å²) in [6.07, 6.45) is 6.73. The van der Waals surface area contributed by atoms with Crippen LogP contribution in [0.1, 0.15) is 38.2 Å². The zero-order chi connectivity index (χ0) is 14.0. The van der Waals surface area contributed by atoms with E-state index in [1.165, 1.54) is 76.9 Å². The van der Waals surface area contributed by atoms with Gasteiger partial charge in [-0.3, -0.25) is 0 Å². The molecule has 0 atom stereocenters. The number of aryl methyl sites for hydroxylation is 1. The molecule has 0 N–H and O–H groups in total. The summed E-state index contributed by atoms with van der Waals surface area (Å²) >= 11 is 0. The molecule has 2 nitrogen and oxygen atoms in total. The monoisotopic (exact) mass is 274 g/mol. The molecule has 2 rings (SSSR count). The highest BCUT2D eigenvalue weighted by Gasteiger charge is 2.14. The average Bonchev–Trinajstić information content (AvgIpc) is 2.52.